The molecule has 5 rings (SSSR count). The second kappa shape index (κ2) is 10.1. The molecule has 0 radical (unpaired) electrons. The summed E-state index contributed by atoms with van der Waals surface area (Å²) in [6.45, 7) is 5.98. The van der Waals surface area contributed by atoms with Gasteiger partial charge in [-0.15, -0.1) is 0 Å². The van der Waals surface area contributed by atoms with Gasteiger partial charge < -0.3 is 14.8 Å². The molecule has 36 heavy (non-hydrogen) atoms. The van der Waals surface area contributed by atoms with Crippen LogP contribution in [0.15, 0.2) is 66.9 Å². The summed E-state index contributed by atoms with van der Waals surface area (Å²) in [7, 11) is 1.67. The van der Waals surface area contributed by atoms with Gasteiger partial charge in [0, 0.05) is 36.8 Å². The summed E-state index contributed by atoms with van der Waals surface area (Å²) in [5, 5.41) is 8.56. The number of hydrogen-bond acceptors (Lipinski definition) is 5. The van der Waals surface area contributed by atoms with Gasteiger partial charge in [0.1, 0.15) is 5.75 Å². The van der Waals surface area contributed by atoms with Crippen LogP contribution in [0.25, 0.3) is 22.3 Å². The number of carbonyl (C=O) groups excluding carboxylic acids is 1. The van der Waals surface area contributed by atoms with E-state index >= 15 is 0 Å². The van der Waals surface area contributed by atoms with Crippen LogP contribution < -0.4 is 10.1 Å². The average molecular weight is 485 g/mol. The minimum absolute atomic E-state index is 0.123. The van der Waals surface area contributed by atoms with E-state index in [9.17, 15) is 4.79 Å². The van der Waals surface area contributed by atoms with E-state index in [4.69, 9.17) is 14.5 Å². The standard InChI is InChI=1S/C29H32N4O3/c1-20(2)33-27-25(18-31-33)24(17-26(32-27)21-7-5-4-6-8-21)28(34)30-19-29(13-15-36-16-14-29)22-9-11-23(35-3)12-10-22/h4-12,17-18,20H,13-16,19H2,1-3H3,(H,30,34). The van der Waals surface area contributed by atoms with Gasteiger partial charge in [-0.05, 0) is 50.5 Å². The van der Waals surface area contributed by atoms with E-state index < -0.39 is 0 Å². The van der Waals surface area contributed by atoms with E-state index in [0.29, 0.717) is 31.0 Å². The lowest BCUT2D eigenvalue weighted by atomic mass is 9.74. The van der Waals surface area contributed by atoms with Crippen molar-refractivity contribution in [2.45, 2.75) is 38.1 Å². The molecule has 1 N–H and O–H groups in total. The predicted octanol–water partition coefficient (Wildman–Crippen LogP) is 5.17. The van der Waals surface area contributed by atoms with Gasteiger partial charge in [-0.1, -0.05) is 42.5 Å². The number of benzene rings is 2. The molecule has 7 heteroatoms. The minimum Gasteiger partial charge on any atom is -0.497 e. The van der Waals surface area contributed by atoms with Crippen molar-refractivity contribution in [3.8, 4) is 17.0 Å². The van der Waals surface area contributed by atoms with Crippen LogP contribution in [-0.2, 0) is 10.2 Å². The van der Waals surface area contributed by atoms with Crippen molar-refractivity contribution in [2.24, 2.45) is 0 Å². The van der Waals surface area contributed by atoms with Gasteiger partial charge in [0.25, 0.3) is 5.91 Å². The Morgan fingerprint density at radius 2 is 1.83 bits per heavy atom. The summed E-state index contributed by atoms with van der Waals surface area (Å²) in [4.78, 5) is 18.6. The normalized spacial score (nSPS) is 15.2. The van der Waals surface area contributed by atoms with Crippen LogP contribution >= 0.6 is 0 Å². The molecule has 1 amide bonds. The third-order valence-electron chi connectivity index (χ3n) is 7.11. The molecule has 0 aliphatic carbocycles. The molecule has 2 aromatic carbocycles. The molecule has 1 fully saturated rings. The van der Waals surface area contributed by atoms with Crippen LogP contribution in [0.5, 0.6) is 5.75 Å². The Kier molecular flexibility index (Phi) is 6.74. The summed E-state index contributed by atoms with van der Waals surface area (Å²) >= 11 is 0. The van der Waals surface area contributed by atoms with Crippen molar-refractivity contribution < 1.29 is 14.3 Å². The Hall–Kier alpha value is -3.71. The van der Waals surface area contributed by atoms with Crippen LogP contribution in [0.4, 0.5) is 0 Å². The SMILES string of the molecule is COc1ccc(C2(CNC(=O)c3cc(-c4ccccc4)nc4c3cnn4C(C)C)CCOCC2)cc1. The first-order valence-electron chi connectivity index (χ1n) is 12.4. The number of nitrogens with one attached hydrogen (secondary N) is 1. The number of amides is 1. The van der Waals surface area contributed by atoms with Crippen molar-refractivity contribution in [1.82, 2.24) is 20.1 Å². The summed E-state index contributed by atoms with van der Waals surface area (Å²) in [5.74, 6) is 0.696. The third-order valence-corrected chi connectivity index (χ3v) is 7.11. The maximum absolute atomic E-state index is 13.7. The zero-order chi connectivity index (χ0) is 25.1. The second-order valence-electron chi connectivity index (χ2n) is 9.65. The Bertz CT molecular complexity index is 1340. The van der Waals surface area contributed by atoms with Crippen LogP contribution in [0.2, 0.25) is 0 Å². The lowest BCUT2D eigenvalue weighted by molar-refractivity contribution is 0.0487. The molecule has 7 nitrogen and oxygen atoms in total. The molecule has 186 valence electrons. The molecule has 0 bridgehead atoms. The number of fused-ring (bicyclic) bond motifs is 1. The molecule has 2 aromatic heterocycles. The Morgan fingerprint density at radius 1 is 1.11 bits per heavy atom. The smallest absolute Gasteiger partial charge is 0.252 e. The molecule has 1 saturated heterocycles. The number of hydrogen-bond donors (Lipinski definition) is 1. The van der Waals surface area contributed by atoms with Crippen LogP contribution in [0, 0.1) is 0 Å². The van der Waals surface area contributed by atoms with Gasteiger partial charge in [0.2, 0.25) is 0 Å². The highest BCUT2D eigenvalue weighted by molar-refractivity contribution is 6.06. The molecule has 0 spiro atoms. The van der Waals surface area contributed by atoms with Crippen molar-refractivity contribution in [3.05, 3.63) is 78.0 Å². The predicted molar refractivity (Wildman–Crippen MR) is 140 cm³/mol. The van der Waals surface area contributed by atoms with E-state index in [0.717, 1.165) is 35.2 Å². The number of aromatic nitrogens is 3. The van der Waals surface area contributed by atoms with E-state index in [2.05, 4.69) is 36.4 Å². The van der Waals surface area contributed by atoms with Crippen molar-refractivity contribution in [2.75, 3.05) is 26.9 Å². The van der Waals surface area contributed by atoms with E-state index in [1.54, 1.807) is 13.3 Å². The van der Waals surface area contributed by atoms with Crippen molar-refractivity contribution in [3.63, 3.8) is 0 Å². The lowest BCUT2D eigenvalue weighted by Gasteiger charge is -2.38. The first-order valence-corrected chi connectivity index (χ1v) is 12.4. The largest absolute Gasteiger partial charge is 0.497 e. The van der Waals surface area contributed by atoms with Gasteiger partial charge in [-0.2, -0.15) is 5.10 Å². The zero-order valence-corrected chi connectivity index (χ0v) is 21.0. The van der Waals surface area contributed by atoms with Crippen molar-refractivity contribution >= 4 is 16.9 Å². The number of rotatable bonds is 7. The Balaban J connectivity index is 1.49. The molecule has 1 aliphatic heterocycles. The first-order chi connectivity index (χ1) is 17.5. The fourth-order valence-electron chi connectivity index (χ4n) is 4.96. The molecule has 4 aromatic rings. The monoisotopic (exact) mass is 484 g/mol. The molecule has 1 aliphatic rings. The topological polar surface area (TPSA) is 78.3 Å². The molecular formula is C29H32N4O3. The first kappa shape index (κ1) is 24.0. The number of methoxy groups -OCH3 is 1. The number of pyridine rings is 1. The number of ether oxygens (including phenoxy) is 2. The molecule has 0 unspecified atom stereocenters. The van der Waals surface area contributed by atoms with Gasteiger partial charge in [0.05, 0.1) is 30.0 Å². The Labute approximate surface area is 211 Å². The van der Waals surface area contributed by atoms with Crippen molar-refractivity contribution in [1.29, 1.82) is 0 Å². The van der Waals surface area contributed by atoms with E-state index in [-0.39, 0.29) is 17.4 Å². The van der Waals surface area contributed by atoms with Crippen LogP contribution in [0.3, 0.4) is 0 Å². The molecule has 0 saturated carbocycles. The highest BCUT2D eigenvalue weighted by Gasteiger charge is 2.35. The summed E-state index contributed by atoms with van der Waals surface area (Å²) in [6.07, 6.45) is 3.43. The van der Waals surface area contributed by atoms with Crippen LogP contribution in [0.1, 0.15) is 48.7 Å². The van der Waals surface area contributed by atoms with E-state index in [1.165, 1.54) is 5.56 Å². The van der Waals surface area contributed by atoms with Gasteiger partial charge >= 0.3 is 0 Å². The highest BCUT2D eigenvalue weighted by Crippen LogP contribution is 2.35. The second-order valence-corrected chi connectivity index (χ2v) is 9.65. The van der Waals surface area contributed by atoms with Gasteiger partial charge in [-0.25, -0.2) is 9.67 Å². The number of carbonyl (C=O) groups is 1. The fourth-order valence-corrected chi connectivity index (χ4v) is 4.96. The summed E-state index contributed by atoms with van der Waals surface area (Å²) in [6, 6.07) is 20.1. The average Bonchev–Trinajstić information content (AvgIpc) is 3.37. The molecular weight excluding hydrogens is 452 g/mol. The lowest BCUT2D eigenvalue weighted by Crippen LogP contribution is -2.44. The maximum Gasteiger partial charge on any atom is 0.252 e. The summed E-state index contributed by atoms with van der Waals surface area (Å²) < 4.78 is 12.9. The van der Waals surface area contributed by atoms with Gasteiger partial charge in [-0.3, -0.25) is 4.79 Å². The number of nitrogens with zero attached hydrogens (tertiary/aromatic N) is 3. The Morgan fingerprint density at radius 3 is 2.50 bits per heavy atom. The molecule has 0 atom stereocenters. The zero-order valence-electron chi connectivity index (χ0n) is 21.0. The van der Waals surface area contributed by atoms with E-state index in [1.807, 2.05) is 53.2 Å². The fraction of sp³-hybridized carbons (Fsp3) is 0.345. The quantitative estimate of drug-likeness (QED) is 0.392. The minimum atomic E-state index is -0.198. The van der Waals surface area contributed by atoms with Crippen LogP contribution in [-0.4, -0.2) is 47.5 Å². The van der Waals surface area contributed by atoms with Gasteiger partial charge in [0.15, 0.2) is 5.65 Å². The third kappa shape index (κ3) is 4.58. The molecule has 3 heterocycles. The summed E-state index contributed by atoms with van der Waals surface area (Å²) in [5.41, 5.74) is 4.01. The highest BCUT2D eigenvalue weighted by atomic mass is 16.5. The maximum atomic E-state index is 13.7.